The number of ether oxygens (including phenoxy) is 2. The number of hydrogen-bond acceptors (Lipinski definition) is 6. The summed E-state index contributed by atoms with van der Waals surface area (Å²) in [4.78, 5) is 42.4. The zero-order valence-electron chi connectivity index (χ0n) is 21.6. The third-order valence-electron chi connectivity index (χ3n) is 7.31. The summed E-state index contributed by atoms with van der Waals surface area (Å²) in [6.07, 6.45) is 1.26. The summed E-state index contributed by atoms with van der Waals surface area (Å²) < 4.78 is 10.8. The molecule has 6 N–H and O–H groups in total. The van der Waals surface area contributed by atoms with E-state index in [-0.39, 0.29) is 25.2 Å². The van der Waals surface area contributed by atoms with Crippen LogP contribution in [-0.4, -0.2) is 47.6 Å². The fourth-order valence-corrected chi connectivity index (χ4v) is 5.29. The molecule has 0 saturated carbocycles. The second kappa shape index (κ2) is 10.4. The van der Waals surface area contributed by atoms with Crippen molar-refractivity contribution in [3.05, 3.63) is 59.3 Å². The van der Waals surface area contributed by atoms with Crippen LogP contribution in [0.5, 0.6) is 11.5 Å². The molecular formula is C28H33N5O5. The zero-order valence-corrected chi connectivity index (χ0v) is 21.6. The monoisotopic (exact) mass is 519 g/mol. The molecular weight excluding hydrogens is 486 g/mol. The molecule has 0 bridgehead atoms. The Balaban J connectivity index is 1.33. The van der Waals surface area contributed by atoms with Crippen LogP contribution in [0.4, 0.5) is 0 Å². The van der Waals surface area contributed by atoms with E-state index >= 15 is 0 Å². The number of H-pyrrole nitrogens is 1. The number of nitrogens with two attached hydrogens (primary N) is 1. The zero-order chi connectivity index (χ0) is 26.9. The van der Waals surface area contributed by atoms with Crippen molar-refractivity contribution < 1.29 is 23.9 Å². The van der Waals surface area contributed by atoms with Gasteiger partial charge in [-0.25, -0.2) is 0 Å². The number of para-hydroxylation sites is 1. The van der Waals surface area contributed by atoms with Gasteiger partial charge >= 0.3 is 0 Å². The summed E-state index contributed by atoms with van der Waals surface area (Å²) in [6.45, 7) is 4.28. The Morgan fingerprint density at radius 3 is 2.68 bits per heavy atom. The highest BCUT2D eigenvalue weighted by molar-refractivity contribution is 5.96. The Labute approximate surface area is 220 Å². The van der Waals surface area contributed by atoms with E-state index in [4.69, 9.17) is 15.2 Å². The molecule has 0 unspecified atom stereocenters. The SMILES string of the molecule is CC(C)[C@H](NC(=O)[C@]1(NC(=O)CNCc2ccc3c(c2)OCO3)CCc2[nH]c3ccccc3c2C1)C(N)=O. The van der Waals surface area contributed by atoms with Crippen molar-refractivity contribution >= 4 is 28.6 Å². The molecule has 0 radical (unpaired) electrons. The molecule has 10 heteroatoms. The van der Waals surface area contributed by atoms with Crippen LogP contribution < -0.4 is 31.2 Å². The van der Waals surface area contributed by atoms with Gasteiger partial charge in [-0.3, -0.25) is 14.4 Å². The number of nitrogens with one attached hydrogen (secondary N) is 4. The molecule has 1 aliphatic carbocycles. The molecule has 1 aliphatic heterocycles. The molecule has 5 rings (SSSR count). The molecule has 0 saturated heterocycles. The van der Waals surface area contributed by atoms with Crippen molar-refractivity contribution in [2.45, 2.75) is 51.2 Å². The van der Waals surface area contributed by atoms with Crippen molar-refractivity contribution in [2.75, 3.05) is 13.3 Å². The number of rotatable bonds is 9. The van der Waals surface area contributed by atoms with Crippen LogP contribution in [-0.2, 0) is 33.8 Å². The van der Waals surface area contributed by atoms with E-state index in [1.807, 2.05) is 56.3 Å². The number of amides is 3. The van der Waals surface area contributed by atoms with Crippen molar-refractivity contribution in [2.24, 2.45) is 11.7 Å². The lowest BCUT2D eigenvalue weighted by Crippen LogP contribution is -2.65. The molecule has 3 aromatic rings. The van der Waals surface area contributed by atoms with Crippen molar-refractivity contribution in [1.82, 2.24) is 20.9 Å². The van der Waals surface area contributed by atoms with E-state index in [1.165, 1.54) is 0 Å². The van der Waals surface area contributed by atoms with Gasteiger partial charge in [0.05, 0.1) is 6.54 Å². The quantitative estimate of drug-likeness (QED) is 0.290. The topological polar surface area (TPSA) is 148 Å². The first-order valence-corrected chi connectivity index (χ1v) is 12.8. The lowest BCUT2D eigenvalue weighted by atomic mass is 9.78. The van der Waals surface area contributed by atoms with Crippen molar-refractivity contribution in [3.63, 3.8) is 0 Å². The van der Waals surface area contributed by atoms with Gasteiger partial charge < -0.3 is 36.1 Å². The highest BCUT2D eigenvalue weighted by atomic mass is 16.7. The van der Waals surface area contributed by atoms with Crippen LogP contribution >= 0.6 is 0 Å². The first-order chi connectivity index (χ1) is 18.3. The molecule has 38 heavy (non-hydrogen) atoms. The first-order valence-electron chi connectivity index (χ1n) is 12.8. The van der Waals surface area contributed by atoms with Gasteiger partial charge in [-0.05, 0) is 48.1 Å². The maximum atomic E-state index is 13.8. The Kier molecular flexibility index (Phi) is 6.98. The summed E-state index contributed by atoms with van der Waals surface area (Å²) >= 11 is 0. The molecule has 10 nitrogen and oxygen atoms in total. The number of hydrogen-bond donors (Lipinski definition) is 5. The van der Waals surface area contributed by atoms with Gasteiger partial charge in [0.2, 0.25) is 24.5 Å². The standard InChI is InChI=1S/C28H33N5O5/c1-16(2)25(26(29)35)32-27(36)28(10-9-21-19(12-28)18-5-3-4-6-20(18)31-21)33-24(34)14-30-13-17-7-8-22-23(11-17)38-15-37-22/h3-8,11,16,25,30-31H,9-10,12-15H2,1-2H3,(H2,29,35)(H,32,36)(H,33,34)/t25-,28-/m0/s1. The predicted molar refractivity (Wildman–Crippen MR) is 141 cm³/mol. The minimum atomic E-state index is -1.22. The number of carbonyl (C=O) groups excluding carboxylic acids is 3. The van der Waals surface area contributed by atoms with E-state index in [9.17, 15) is 14.4 Å². The lowest BCUT2D eigenvalue weighted by Gasteiger charge is -2.38. The Morgan fingerprint density at radius 1 is 1.11 bits per heavy atom. The molecule has 0 spiro atoms. The van der Waals surface area contributed by atoms with Crippen LogP contribution in [0.15, 0.2) is 42.5 Å². The summed E-state index contributed by atoms with van der Waals surface area (Å²) in [7, 11) is 0. The molecule has 3 amide bonds. The fraction of sp³-hybridized carbons (Fsp3) is 0.393. The van der Waals surface area contributed by atoms with Crippen LogP contribution in [0.3, 0.4) is 0 Å². The number of benzene rings is 2. The molecule has 2 aromatic carbocycles. The summed E-state index contributed by atoms with van der Waals surface area (Å²) in [6, 6.07) is 12.7. The average Bonchev–Trinajstić information content (AvgIpc) is 3.50. The molecule has 2 aliphatic rings. The fourth-order valence-electron chi connectivity index (χ4n) is 5.29. The highest BCUT2D eigenvalue weighted by Gasteiger charge is 2.45. The van der Waals surface area contributed by atoms with Crippen LogP contribution in [0.25, 0.3) is 10.9 Å². The van der Waals surface area contributed by atoms with E-state index < -0.39 is 23.4 Å². The van der Waals surface area contributed by atoms with Crippen molar-refractivity contribution in [1.29, 1.82) is 0 Å². The number of primary amides is 1. The summed E-state index contributed by atoms with van der Waals surface area (Å²) in [5.41, 5.74) is 8.33. The van der Waals surface area contributed by atoms with E-state index in [0.717, 1.165) is 27.7 Å². The Hall–Kier alpha value is -4.05. The molecule has 0 fully saturated rings. The number of aromatic amines is 1. The normalized spacial score (nSPS) is 18.7. The van der Waals surface area contributed by atoms with Gasteiger partial charge in [-0.15, -0.1) is 0 Å². The van der Waals surface area contributed by atoms with Crippen molar-refractivity contribution in [3.8, 4) is 11.5 Å². The molecule has 2 heterocycles. The second-order valence-corrected chi connectivity index (χ2v) is 10.3. The maximum Gasteiger partial charge on any atom is 0.246 e. The van der Waals surface area contributed by atoms with Crippen LogP contribution in [0, 0.1) is 5.92 Å². The molecule has 2 atom stereocenters. The van der Waals surface area contributed by atoms with Crippen LogP contribution in [0.2, 0.25) is 0 Å². The third kappa shape index (κ3) is 5.04. The molecule has 200 valence electrons. The van der Waals surface area contributed by atoms with E-state index in [1.54, 1.807) is 0 Å². The minimum Gasteiger partial charge on any atom is -0.454 e. The predicted octanol–water partition coefficient (Wildman–Crippen LogP) is 1.66. The van der Waals surface area contributed by atoms with Gasteiger partial charge in [0.1, 0.15) is 11.6 Å². The Bertz CT molecular complexity index is 1380. The highest BCUT2D eigenvalue weighted by Crippen LogP contribution is 2.35. The smallest absolute Gasteiger partial charge is 0.246 e. The molecule has 1 aromatic heterocycles. The Morgan fingerprint density at radius 2 is 1.89 bits per heavy atom. The van der Waals surface area contributed by atoms with Crippen LogP contribution in [0.1, 0.15) is 37.1 Å². The minimum absolute atomic E-state index is 0.00758. The second-order valence-electron chi connectivity index (χ2n) is 10.3. The largest absolute Gasteiger partial charge is 0.454 e. The number of carbonyl (C=O) groups is 3. The maximum absolute atomic E-state index is 13.8. The van der Waals surface area contributed by atoms with Gasteiger partial charge in [0.25, 0.3) is 0 Å². The van der Waals surface area contributed by atoms with Gasteiger partial charge in [0, 0.05) is 29.6 Å². The summed E-state index contributed by atoms with van der Waals surface area (Å²) in [5.74, 6) is -0.151. The van der Waals surface area contributed by atoms with E-state index in [0.29, 0.717) is 37.3 Å². The van der Waals surface area contributed by atoms with Gasteiger partial charge in [-0.2, -0.15) is 0 Å². The van der Waals surface area contributed by atoms with Gasteiger partial charge in [0.15, 0.2) is 11.5 Å². The number of aryl methyl sites for hydroxylation is 1. The lowest BCUT2D eigenvalue weighted by molar-refractivity contribution is -0.136. The van der Waals surface area contributed by atoms with E-state index in [2.05, 4.69) is 20.9 Å². The number of fused-ring (bicyclic) bond motifs is 4. The first kappa shape index (κ1) is 25.6. The third-order valence-corrected chi connectivity index (χ3v) is 7.31. The van der Waals surface area contributed by atoms with Gasteiger partial charge in [-0.1, -0.05) is 38.1 Å². The summed E-state index contributed by atoms with van der Waals surface area (Å²) in [5, 5.41) is 10.00. The number of aromatic nitrogens is 1. The average molecular weight is 520 g/mol.